The summed E-state index contributed by atoms with van der Waals surface area (Å²) < 4.78 is 11.1. The van der Waals surface area contributed by atoms with Crippen molar-refractivity contribution in [3.63, 3.8) is 0 Å². The number of rotatable bonds is 5. The molecule has 0 aliphatic heterocycles. The summed E-state index contributed by atoms with van der Waals surface area (Å²) in [4.78, 5) is 0. The van der Waals surface area contributed by atoms with Gasteiger partial charge < -0.3 is 14.6 Å². The second-order valence-corrected chi connectivity index (χ2v) is 4.80. The Bertz CT molecular complexity index is 576. The van der Waals surface area contributed by atoms with Crippen LogP contribution in [-0.2, 0) is 6.61 Å². The fourth-order valence-electron chi connectivity index (χ4n) is 1.99. The SMILES string of the molecule is COc1cc([C@H](C)O)ccc1OCc1ccccc1C. The summed E-state index contributed by atoms with van der Waals surface area (Å²) in [5, 5.41) is 9.58. The van der Waals surface area contributed by atoms with E-state index < -0.39 is 6.10 Å². The largest absolute Gasteiger partial charge is 0.493 e. The molecular weight excluding hydrogens is 252 g/mol. The van der Waals surface area contributed by atoms with Crippen LogP contribution in [-0.4, -0.2) is 12.2 Å². The number of benzene rings is 2. The molecule has 2 aromatic carbocycles. The zero-order chi connectivity index (χ0) is 14.5. The highest BCUT2D eigenvalue weighted by Crippen LogP contribution is 2.31. The first-order valence-corrected chi connectivity index (χ1v) is 6.65. The maximum atomic E-state index is 9.58. The van der Waals surface area contributed by atoms with E-state index in [0.717, 1.165) is 11.1 Å². The van der Waals surface area contributed by atoms with Crippen molar-refractivity contribution in [1.29, 1.82) is 0 Å². The summed E-state index contributed by atoms with van der Waals surface area (Å²) in [5.41, 5.74) is 3.16. The van der Waals surface area contributed by atoms with Crippen molar-refractivity contribution in [2.45, 2.75) is 26.6 Å². The van der Waals surface area contributed by atoms with Gasteiger partial charge in [0.2, 0.25) is 0 Å². The molecule has 0 fully saturated rings. The molecular formula is C17H20O3. The Balaban J connectivity index is 2.15. The van der Waals surface area contributed by atoms with Crippen LogP contribution in [0.4, 0.5) is 0 Å². The molecule has 0 saturated heterocycles. The van der Waals surface area contributed by atoms with Crippen LogP contribution in [0, 0.1) is 6.92 Å². The van der Waals surface area contributed by atoms with Crippen LogP contribution in [0.15, 0.2) is 42.5 Å². The predicted molar refractivity (Wildman–Crippen MR) is 79.1 cm³/mol. The fraction of sp³-hybridized carbons (Fsp3) is 0.294. The molecule has 20 heavy (non-hydrogen) atoms. The molecule has 0 radical (unpaired) electrons. The molecule has 106 valence electrons. The molecule has 0 bridgehead atoms. The normalized spacial score (nSPS) is 12.0. The average Bonchev–Trinajstić information content (AvgIpc) is 2.46. The van der Waals surface area contributed by atoms with E-state index in [1.165, 1.54) is 5.56 Å². The first-order valence-electron chi connectivity index (χ1n) is 6.65. The number of aliphatic hydroxyl groups excluding tert-OH is 1. The summed E-state index contributed by atoms with van der Waals surface area (Å²) in [7, 11) is 1.60. The smallest absolute Gasteiger partial charge is 0.161 e. The van der Waals surface area contributed by atoms with Crippen molar-refractivity contribution >= 4 is 0 Å². The van der Waals surface area contributed by atoms with Crippen LogP contribution in [0.1, 0.15) is 29.7 Å². The average molecular weight is 272 g/mol. The van der Waals surface area contributed by atoms with Crippen molar-refractivity contribution in [3.8, 4) is 11.5 Å². The summed E-state index contributed by atoms with van der Waals surface area (Å²) in [6, 6.07) is 13.6. The molecule has 0 aliphatic rings. The van der Waals surface area contributed by atoms with E-state index in [1.807, 2.05) is 30.3 Å². The molecule has 0 spiro atoms. The van der Waals surface area contributed by atoms with Crippen molar-refractivity contribution < 1.29 is 14.6 Å². The third-order valence-corrected chi connectivity index (χ3v) is 3.31. The lowest BCUT2D eigenvalue weighted by atomic mass is 10.1. The summed E-state index contributed by atoms with van der Waals surface area (Å²) in [6.07, 6.45) is -0.519. The van der Waals surface area contributed by atoms with Crippen LogP contribution in [0.2, 0.25) is 0 Å². The Labute approximate surface area is 119 Å². The van der Waals surface area contributed by atoms with Crippen molar-refractivity contribution in [2.24, 2.45) is 0 Å². The molecule has 2 aromatic rings. The summed E-state index contributed by atoms with van der Waals surface area (Å²) >= 11 is 0. The Morgan fingerprint density at radius 3 is 2.50 bits per heavy atom. The number of ether oxygens (including phenoxy) is 2. The van der Waals surface area contributed by atoms with Crippen LogP contribution < -0.4 is 9.47 Å². The van der Waals surface area contributed by atoms with Gasteiger partial charge in [-0.3, -0.25) is 0 Å². The molecule has 0 unspecified atom stereocenters. The second kappa shape index (κ2) is 6.44. The lowest BCUT2D eigenvalue weighted by molar-refractivity contribution is 0.198. The van der Waals surface area contributed by atoms with Gasteiger partial charge in [0.15, 0.2) is 11.5 Å². The van der Waals surface area contributed by atoms with E-state index in [-0.39, 0.29) is 0 Å². The van der Waals surface area contributed by atoms with Gasteiger partial charge in [-0.2, -0.15) is 0 Å². The van der Waals surface area contributed by atoms with Crippen LogP contribution in [0.5, 0.6) is 11.5 Å². The molecule has 2 rings (SSSR count). The van der Waals surface area contributed by atoms with Gasteiger partial charge in [0.25, 0.3) is 0 Å². The number of methoxy groups -OCH3 is 1. The topological polar surface area (TPSA) is 38.7 Å². The zero-order valence-corrected chi connectivity index (χ0v) is 12.1. The van der Waals surface area contributed by atoms with E-state index in [0.29, 0.717) is 18.1 Å². The molecule has 3 heteroatoms. The third-order valence-electron chi connectivity index (χ3n) is 3.31. The van der Waals surface area contributed by atoms with E-state index in [4.69, 9.17) is 9.47 Å². The molecule has 3 nitrogen and oxygen atoms in total. The molecule has 0 aliphatic carbocycles. The number of hydrogen-bond donors (Lipinski definition) is 1. The molecule has 0 amide bonds. The monoisotopic (exact) mass is 272 g/mol. The van der Waals surface area contributed by atoms with Crippen LogP contribution in [0.25, 0.3) is 0 Å². The minimum absolute atomic E-state index is 0.497. The van der Waals surface area contributed by atoms with Gasteiger partial charge in [-0.15, -0.1) is 0 Å². The van der Waals surface area contributed by atoms with Gasteiger partial charge in [-0.05, 0) is 42.7 Å². The number of aryl methyl sites for hydroxylation is 1. The molecule has 0 heterocycles. The van der Waals surface area contributed by atoms with Gasteiger partial charge in [-0.1, -0.05) is 30.3 Å². The number of aliphatic hydroxyl groups is 1. The highest BCUT2D eigenvalue weighted by molar-refractivity contribution is 5.43. The maximum Gasteiger partial charge on any atom is 0.161 e. The molecule has 0 saturated carbocycles. The predicted octanol–water partition coefficient (Wildman–Crippen LogP) is 3.64. The van der Waals surface area contributed by atoms with Crippen LogP contribution in [0.3, 0.4) is 0 Å². The van der Waals surface area contributed by atoms with E-state index in [9.17, 15) is 5.11 Å². The van der Waals surface area contributed by atoms with Crippen molar-refractivity contribution in [1.82, 2.24) is 0 Å². The van der Waals surface area contributed by atoms with Crippen molar-refractivity contribution in [3.05, 3.63) is 59.2 Å². The Hall–Kier alpha value is -2.00. The lowest BCUT2D eigenvalue weighted by Crippen LogP contribution is -2.00. The fourth-order valence-corrected chi connectivity index (χ4v) is 1.99. The van der Waals surface area contributed by atoms with E-state index in [2.05, 4.69) is 13.0 Å². The third kappa shape index (κ3) is 3.31. The lowest BCUT2D eigenvalue weighted by Gasteiger charge is -2.14. The Morgan fingerprint density at radius 2 is 1.85 bits per heavy atom. The van der Waals surface area contributed by atoms with Gasteiger partial charge >= 0.3 is 0 Å². The number of hydrogen-bond acceptors (Lipinski definition) is 3. The second-order valence-electron chi connectivity index (χ2n) is 4.80. The first kappa shape index (κ1) is 14.4. The Kier molecular flexibility index (Phi) is 4.64. The minimum atomic E-state index is -0.519. The standard InChI is InChI=1S/C17H20O3/c1-12-6-4-5-7-15(12)11-20-16-9-8-14(13(2)18)10-17(16)19-3/h4-10,13,18H,11H2,1-3H3/t13-/m0/s1. The maximum absolute atomic E-state index is 9.58. The van der Waals surface area contributed by atoms with Gasteiger partial charge in [0.05, 0.1) is 13.2 Å². The Morgan fingerprint density at radius 1 is 1.10 bits per heavy atom. The van der Waals surface area contributed by atoms with E-state index in [1.54, 1.807) is 20.1 Å². The van der Waals surface area contributed by atoms with Gasteiger partial charge in [0, 0.05) is 0 Å². The molecule has 0 aromatic heterocycles. The summed E-state index contributed by atoms with van der Waals surface area (Å²) in [6.45, 7) is 4.28. The van der Waals surface area contributed by atoms with Crippen molar-refractivity contribution in [2.75, 3.05) is 7.11 Å². The molecule has 1 atom stereocenters. The molecule has 1 N–H and O–H groups in total. The van der Waals surface area contributed by atoms with Gasteiger partial charge in [0.1, 0.15) is 6.61 Å². The van der Waals surface area contributed by atoms with Gasteiger partial charge in [-0.25, -0.2) is 0 Å². The highest BCUT2D eigenvalue weighted by atomic mass is 16.5. The quantitative estimate of drug-likeness (QED) is 0.903. The highest BCUT2D eigenvalue weighted by Gasteiger charge is 2.09. The van der Waals surface area contributed by atoms with Crippen LogP contribution >= 0.6 is 0 Å². The zero-order valence-electron chi connectivity index (χ0n) is 12.1. The summed E-state index contributed by atoms with van der Waals surface area (Å²) in [5.74, 6) is 1.32. The minimum Gasteiger partial charge on any atom is -0.493 e. The first-order chi connectivity index (χ1) is 9.61. The van der Waals surface area contributed by atoms with E-state index >= 15 is 0 Å².